The Morgan fingerprint density at radius 1 is 1.20 bits per heavy atom. The van der Waals surface area contributed by atoms with Gasteiger partial charge in [0, 0.05) is 30.4 Å². The van der Waals surface area contributed by atoms with Crippen LogP contribution in [0.25, 0.3) is 11.0 Å². The number of carbonyl (C=O) groups excluding carboxylic acids is 1. The standard InChI is InChI=1S/C23H19N5O2/c1-15-21-10-18(13-25-22(21)28(2)27-15)23(29)26-19-7-4-8-20(11-19)30-14-17-6-3-5-16(9-17)12-24/h3-11,13H,14H2,1-2H3,(H,26,29). The molecule has 2 aromatic heterocycles. The molecule has 4 aromatic rings. The third-order valence-electron chi connectivity index (χ3n) is 4.68. The van der Waals surface area contributed by atoms with Crippen LogP contribution in [0.1, 0.15) is 27.2 Å². The van der Waals surface area contributed by atoms with E-state index >= 15 is 0 Å². The second-order valence-electron chi connectivity index (χ2n) is 6.89. The molecule has 0 atom stereocenters. The summed E-state index contributed by atoms with van der Waals surface area (Å²) in [7, 11) is 1.82. The number of nitrogens with one attached hydrogen (secondary N) is 1. The molecule has 0 aliphatic carbocycles. The number of amides is 1. The smallest absolute Gasteiger partial charge is 0.257 e. The van der Waals surface area contributed by atoms with E-state index in [4.69, 9.17) is 10.00 Å². The molecule has 0 radical (unpaired) electrons. The lowest BCUT2D eigenvalue weighted by molar-refractivity contribution is 0.102. The van der Waals surface area contributed by atoms with Crippen molar-refractivity contribution in [1.82, 2.24) is 14.8 Å². The van der Waals surface area contributed by atoms with E-state index in [9.17, 15) is 4.79 Å². The monoisotopic (exact) mass is 397 g/mol. The quantitative estimate of drug-likeness (QED) is 0.550. The molecular weight excluding hydrogens is 378 g/mol. The predicted octanol–water partition coefficient (Wildman–Crippen LogP) is 3.98. The molecule has 0 bridgehead atoms. The second kappa shape index (κ2) is 8.05. The summed E-state index contributed by atoms with van der Waals surface area (Å²) in [6.45, 7) is 2.21. The van der Waals surface area contributed by atoms with Crippen LogP contribution in [0.15, 0.2) is 60.8 Å². The lowest BCUT2D eigenvalue weighted by Crippen LogP contribution is -2.12. The van der Waals surface area contributed by atoms with E-state index in [1.807, 2.05) is 38.2 Å². The molecule has 2 heterocycles. The number of pyridine rings is 1. The first-order valence-electron chi connectivity index (χ1n) is 9.36. The molecule has 7 heteroatoms. The highest BCUT2D eigenvalue weighted by molar-refractivity contribution is 6.05. The topological polar surface area (TPSA) is 92.8 Å². The van der Waals surface area contributed by atoms with Gasteiger partial charge < -0.3 is 10.1 Å². The zero-order chi connectivity index (χ0) is 21.1. The number of carbonyl (C=O) groups is 1. The first kappa shape index (κ1) is 19.2. The van der Waals surface area contributed by atoms with Gasteiger partial charge in [0.2, 0.25) is 0 Å². The van der Waals surface area contributed by atoms with Gasteiger partial charge >= 0.3 is 0 Å². The number of rotatable bonds is 5. The summed E-state index contributed by atoms with van der Waals surface area (Å²) >= 11 is 0. The van der Waals surface area contributed by atoms with Crippen LogP contribution in [0.5, 0.6) is 5.75 Å². The molecule has 0 aliphatic heterocycles. The summed E-state index contributed by atoms with van der Waals surface area (Å²) in [5.74, 6) is 0.360. The molecule has 0 saturated heterocycles. The maximum Gasteiger partial charge on any atom is 0.257 e. The summed E-state index contributed by atoms with van der Waals surface area (Å²) < 4.78 is 7.51. The highest BCUT2D eigenvalue weighted by Gasteiger charge is 2.12. The van der Waals surface area contributed by atoms with Crippen molar-refractivity contribution in [3.63, 3.8) is 0 Å². The molecule has 0 saturated carbocycles. The van der Waals surface area contributed by atoms with Gasteiger partial charge in [-0.25, -0.2) is 4.98 Å². The van der Waals surface area contributed by atoms with Crippen LogP contribution in [0, 0.1) is 18.3 Å². The Morgan fingerprint density at radius 2 is 2.03 bits per heavy atom. The maximum absolute atomic E-state index is 12.7. The van der Waals surface area contributed by atoms with E-state index in [2.05, 4.69) is 21.5 Å². The summed E-state index contributed by atoms with van der Waals surface area (Å²) in [6, 6.07) is 18.3. The SMILES string of the molecule is Cc1nn(C)c2ncc(C(=O)Nc3cccc(OCc4cccc(C#N)c4)c3)cc12. The molecule has 0 unspecified atom stereocenters. The van der Waals surface area contributed by atoms with Gasteiger partial charge in [0.25, 0.3) is 5.91 Å². The third kappa shape index (κ3) is 3.98. The fraction of sp³-hybridized carbons (Fsp3) is 0.130. The number of nitrogens with zero attached hydrogens (tertiary/aromatic N) is 4. The van der Waals surface area contributed by atoms with Gasteiger partial charge in [0.15, 0.2) is 5.65 Å². The Hall–Kier alpha value is -4.18. The molecule has 7 nitrogen and oxygen atoms in total. The number of benzene rings is 2. The van der Waals surface area contributed by atoms with Crippen molar-refractivity contribution in [3.05, 3.63) is 83.2 Å². The molecule has 1 N–H and O–H groups in total. The van der Waals surface area contributed by atoms with E-state index in [-0.39, 0.29) is 5.91 Å². The zero-order valence-electron chi connectivity index (χ0n) is 16.6. The predicted molar refractivity (Wildman–Crippen MR) is 113 cm³/mol. The number of anilines is 1. The van der Waals surface area contributed by atoms with Crippen LogP contribution in [0.4, 0.5) is 5.69 Å². The number of aromatic nitrogens is 3. The van der Waals surface area contributed by atoms with Gasteiger partial charge in [0.1, 0.15) is 12.4 Å². The molecule has 4 rings (SSSR count). The number of hydrogen-bond acceptors (Lipinski definition) is 5. The zero-order valence-corrected chi connectivity index (χ0v) is 16.6. The number of hydrogen-bond donors (Lipinski definition) is 1. The van der Waals surface area contributed by atoms with Crippen molar-refractivity contribution < 1.29 is 9.53 Å². The summed E-state index contributed by atoms with van der Waals surface area (Å²) in [5, 5.41) is 17.1. The van der Waals surface area contributed by atoms with Crippen LogP contribution in [0.2, 0.25) is 0 Å². The van der Waals surface area contributed by atoms with Crippen molar-refractivity contribution in [3.8, 4) is 11.8 Å². The molecule has 2 aromatic carbocycles. The minimum Gasteiger partial charge on any atom is -0.489 e. The Balaban J connectivity index is 1.46. The van der Waals surface area contributed by atoms with Crippen molar-refractivity contribution in [2.24, 2.45) is 7.05 Å². The fourth-order valence-electron chi connectivity index (χ4n) is 3.20. The number of aryl methyl sites for hydroxylation is 2. The normalized spacial score (nSPS) is 10.6. The molecule has 148 valence electrons. The van der Waals surface area contributed by atoms with Crippen LogP contribution in [-0.4, -0.2) is 20.7 Å². The number of nitriles is 1. The van der Waals surface area contributed by atoms with Gasteiger partial charge in [-0.1, -0.05) is 18.2 Å². The van der Waals surface area contributed by atoms with E-state index in [0.29, 0.717) is 29.2 Å². The average Bonchev–Trinajstić information content (AvgIpc) is 3.05. The van der Waals surface area contributed by atoms with Crippen LogP contribution in [0.3, 0.4) is 0 Å². The lowest BCUT2D eigenvalue weighted by atomic mass is 10.1. The van der Waals surface area contributed by atoms with Crippen LogP contribution in [-0.2, 0) is 13.7 Å². The highest BCUT2D eigenvalue weighted by atomic mass is 16.5. The average molecular weight is 397 g/mol. The summed E-state index contributed by atoms with van der Waals surface area (Å²) in [5.41, 5.74) is 4.12. The van der Waals surface area contributed by atoms with Crippen molar-refractivity contribution in [2.75, 3.05) is 5.32 Å². The van der Waals surface area contributed by atoms with Crippen LogP contribution < -0.4 is 10.1 Å². The number of fused-ring (bicyclic) bond motifs is 1. The van der Waals surface area contributed by atoms with E-state index in [1.165, 1.54) is 0 Å². The lowest BCUT2D eigenvalue weighted by Gasteiger charge is -2.10. The fourth-order valence-corrected chi connectivity index (χ4v) is 3.20. The van der Waals surface area contributed by atoms with Crippen LogP contribution >= 0.6 is 0 Å². The third-order valence-corrected chi connectivity index (χ3v) is 4.68. The first-order chi connectivity index (χ1) is 14.5. The van der Waals surface area contributed by atoms with E-state index in [0.717, 1.165) is 22.3 Å². The molecule has 30 heavy (non-hydrogen) atoms. The Labute approximate surface area is 173 Å². The molecule has 1 amide bonds. The van der Waals surface area contributed by atoms with Gasteiger partial charge in [0.05, 0.1) is 22.9 Å². The Bertz CT molecular complexity index is 1290. The summed E-state index contributed by atoms with van der Waals surface area (Å²) in [4.78, 5) is 17.0. The Morgan fingerprint density at radius 3 is 2.87 bits per heavy atom. The van der Waals surface area contributed by atoms with Crippen molar-refractivity contribution in [1.29, 1.82) is 5.26 Å². The Kier molecular flexibility index (Phi) is 5.14. The molecular formula is C23H19N5O2. The van der Waals surface area contributed by atoms with E-state index in [1.54, 1.807) is 41.2 Å². The van der Waals surface area contributed by atoms with E-state index < -0.39 is 0 Å². The van der Waals surface area contributed by atoms with Gasteiger partial charge in [-0.3, -0.25) is 9.48 Å². The van der Waals surface area contributed by atoms with Crippen molar-refractivity contribution >= 4 is 22.6 Å². The largest absolute Gasteiger partial charge is 0.489 e. The molecule has 0 spiro atoms. The highest BCUT2D eigenvalue weighted by Crippen LogP contribution is 2.21. The molecule has 0 aliphatic rings. The first-order valence-corrected chi connectivity index (χ1v) is 9.36. The minimum absolute atomic E-state index is 0.258. The minimum atomic E-state index is -0.258. The maximum atomic E-state index is 12.7. The van der Waals surface area contributed by atoms with Crippen molar-refractivity contribution in [2.45, 2.75) is 13.5 Å². The summed E-state index contributed by atoms with van der Waals surface area (Å²) in [6.07, 6.45) is 1.54. The van der Waals surface area contributed by atoms with Gasteiger partial charge in [-0.2, -0.15) is 10.4 Å². The number of ether oxygens (including phenoxy) is 1. The van der Waals surface area contributed by atoms with Gasteiger partial charge in [-0.15, -0.1) is 0 Å². The second-order valence-corrected chi connectivity index (χ2v) is 6.89. The van der Waals surface area contributed by atoms with Gasteiger partial charge in [-0.05, 0) is 42.8 Å². The molecule has 0 fully saturated rings.